The number of nitrogens with one attached hydrogen (secondary N) is 1. The minimum atomic E-state index is -0.250. The molecule has 98 valence electrons. The van der Waals surface area contributed by atoms with Crippen LogP contribution in [0.2, 0.25) is 0 Å². The first-order valence-corrected chi connectivity index (χ1v) is 5.92. The maximum Gasteiger partial charge on any atom is 0.172 e. The Kier molecular flexibility index (Phi) is 5.61. The van der Waals surface area contributed by atoms with Gasteiger partial charge < -0.3 is 14.8 Å². The Balaban J connectivity index is 2.79. The largest absolute Gasteiger partial charge is 0.354 e. The van der Waals surface area contributed by atoms with Gasteiger partial charge >= 0.3 is 0 Å². The van der Waals surface area contributed by atoms with E-state index in [1.54, 1.807) is 14.2 Å². The maximum atomic E-state index is 5.29. The van der Waals surface area contributed by atoms with E-state index >= 15 is 0 Å². The molecule has 1 atom stereocenters. The Labute approximate surface area is 103 Å². The summed E-state index contributed by atoms with van der Waals surface area (Å²) in [6, 6.07) is 2.22. The van der Waals surface area contributed by atoms with Crippen molar-refractivity contribution in [2.45, 2.75) is 39.1 Å². The van der Waals surface area contributed by atoms with E-state index in [-0.39, 0.29) is 12.3 Å². The van der Waals surface area contributed by atoms with Crippen molar-refractivity contribution in [3.63, 3.8) is 0 Å². The van der Waals surface area contributed by atoms with Gasteiger partial charge in [0.05, 0.1) is 11.7 Å². The highest BCUT2D eigenvalue weighted by atomic mass is 16.7. The van der Waals surface area contributed by atoms with Gasteiger partial charge in [0.25, 0.3) is 0 Å². The van der Waals surface area contributed by atoms with Gasteiger partial charge in [-0.2, -0.15) is 5.10 Å². The third-order valence-electron chi connectivity index (χ3n) is 2.88. The van der Waals surface area contributed by atoms with Crippen LogP contribution in [0.5, 0.6) is 0 Å². The Hall–Kier alpha value is -0.910. The average molecular weight is 241 g/mol. The van der Waals surface area contributed by atoms with Crippen LogP contribution in [0.15, 0.2) is 6.07 Å². The second-order valence-corrected chi connectivity index (χ2v) is 4.03. The van der Waals surface area contributed by atoms with Gasteiger partial charge in [-0.15, -0.1) is 0 Å². The van der Waals surface area contributed by atoms with Crippen molar-refractivity contribution in [1.82, 2.24) is 15.1 Å². The number of methoxy groups -OCH3 is 2. The highest BCUT2D eigenvalue weighted by Gasteiger charge is 2.21. The van der Waals surface area contributed by atoms with Crippen LogP contribution in [0.1, 0.15) is 18.3 Å². The molecule has 1 unspecified atom stereocenters. The summed E-state index contributed by atoms with van der Waals surface area (Å²) in [6.45, 7) is 4.98. The lowest BCUT2D eigenvalue weighted by Crippen LogP contribution is -2.42. The molecule has 5 nitrogen and oxygen atoms in total. The summed E-state index contributed by atoms with van der Waals surface area (Å²) in [5.41, 5.74) is 2.24. The molecule has 0 bridgehead atoms. The molecule has 0 amide bonds. The van der Waals surface area contributed by atoms with Crippen molar-refractivity contribution in [1.29, 1.82) is 0 Å². The molecule has 0 spiro atoms. The van der Waals surface area contributed by atoms with E-state index in [2.05, 4.69) is 23.4 Å². The van der Waals surface area contributed by atoms with E-state index in [4.69, 9.17) is 9.47 Å². The molecule has 0 aliphatic carbocycles. The number of aryl methyl sites for hydroxylation is 2. The van der Waals surface area contributed by atoms with Gasteiger partial charge in [0.2, 0.25) is 0 Å². The van der Waals surface area contributed by atoms with Crippen LogP contribution in [-0.4, -0.2) is 43.4 Å². The van der Waals surface area contributed by atoms with Gasteiger partial charge in [0, 0.05) is 32.9 Å². The minimum absolute atomic E-state index is 0.117. The summed E-state index contributed by atoms with van der Waals surface area (Å²) in [5.74, 6) is 0. The highest BCUT2D eigenvalue weighted by molar-refractivity contribution is 5.10. The van der Waals surface area contributed by atoms with Gasteiger partial charge in [-0.05, 0) is 27.0 Å². The predicted molar refractivity (Wildman–Crippen MR) is 67.0 cm³/mol. The fraction of sp³-hybridized carbons (Fsp3) is 0.750. The summed E-state index contributed by atoms with van der Waals surface area (Å²) in [7, 11) is 5.22. The minimum Gasteiger partial charge on any atom is -0.354 e. The number of hydrogen-bond donors (Lipinski definition) is 1. The zero-order valence-electron chi connectivity index (χ0n) is 11.4. The SMILES string of the molecule is CCn1nc(C)cc1CC(NC)C(OC)OC. The lowest BCUT2D eigenvalue weighted by atomic mass is 10.1. The van der Waals surface area contributed by atoms with E-state index in [0.717, 1.165) is 18.7 Å². The van der Waals surface area contributed by atoms with Gasteiger partial charge in [-0.3, -0.25) is 4.68 Å². The fourth-order valence-electron chi connectivity index (χ4n) is 2.02. The van der Waals surface area contributed by atoms with E-state index in [0.29, 0.717) is 0 Å². The van der Waals surface area contributed by atoms with Crippen molar-refractivity contribution in [3.05, 3.63) is 17.5 Å². The molecule has 0 aromatic carbocycles. The molecule has 1 rings (SSSR count). The molecule has 1 aromatic heterocycles. The third-order valence-corrected chi connectivity index (χ3v) is 2.88. The van der Waals surface area contributed by atoms with Crippen LogP contribution >= 0.6 is 0 Å². The van der Waals surface area contributed by atoms with Gasteiger partial charge in [-0.25, -0.2) is 0 Å². The zero-order valence-corrected chi connectivity index (χ0v) is 11.4. The van der Waals surface area contributed by atoms with Gasteiger partial charge in [0.15, 0.2) is 6.29 Å². The maximum absolute atomic E-state index is 5.29. The molecule has 0 saturated heterocycles. The number of ether oxygens (including phenoxy) is 2. The smallest absolute Gasteiger partial charge is 0.172 e. The molecule has 17 heavy (non-hydrogen) atoms. The van der Waals surface area contributed by atoms with Crippen molar-refractivity contribution < 1.29 is 9.47 Å². The van der Waals surface area contributed by atoms with E-state index < -0.39 is 0 Å². The van der Waals surface area contributed by atoms with Crippen molar-refractivity contribution in [2.24, 2.45) is 0 Å². The lowest BCUT2D eigenvalue weighted by molar-refractivity contribution is -0.121. The molecular formula is C12H23N3O2. The molecule has 1 heterocycles. The Morgan fingerprint density at radius 1 is 1.41 bits per heavy atom. The second kappa shape index (κ2) is 6.74. The Morgan fingerprint density at radius 3 is 2.53 bits per heavy atom. The number of aromatic nitrogens is 2. The summed E-state index contributed by atoms with van der Waals surface area (Å²) < 4.78 is 12.6. The molecule has 0 aliphatic heterocycles. The summed E-state index contributed by atoms with van der Waals surface area (Å²) in [6.07, 6.45) is 0.581. The van der Waals surface area contributed by atoms with Crippen LogP contribution in [0.4, 0.5) is 0 Å². The lowest BCUT2D eigenvalue weighted by Gasteiger charge is -2.24. The molecule has 1 aromatic rings. The van der Waals surface area contributed by atoms with Gasteiger partial charge in [-0.1, -0.05) is 0 Å². The first kappa shape index (κ1) is 14.2. The quantitative estimate of drug-likeness (QED) is 0.722. The van der Waals surface area contributed by atoms with Crippen molar-refractivity contribution in [3.8, 4) is 0 Å². The Bertz CT molecular complexity index is 334. The topological polar surface area (TPSA) is 48.3 Å². The van der Waals surface area contributed by atoms with Crippen LogP contribution in [0.3, 0.4) is 0 Å². The molecule has 1 N–H and O–H groups in total. The highest BCUT2D eigenvalue weighted by Crippen LogP contribution is 2.10. The first-order chi connectivity index (χ1) is 8.15. The zero-order chi connectivity index (χ0) is 12.8. The van der Waals surface area contributed by atoms with Crippen LogP contribution in [-0.2, 0) is 22.4 Å². The third kappa shape index (κ3) is 3.52. The molecule has 0 radical (unpaired) electrons. The molecule has 0 aliphatic rings. The second-order valence-electron chi connectivity index (χ2n) is 4.03. The van der Waals surface area contributed by atoms with E-state index in [9.17, 15) is 0 Å². The Morgan fingerprint density at radius 2 is 2.06 bits per heavy atom. The number of hydrogen-bond acceptors (Lipinski definition) is 4. The van der Waals surface area contributed by atoms with Crippen LogP contribution in [0, 0.1) is 6.92 Å². The number of nitrogens with zero attached hydrogens (tertiary/aromatic N) is 2. The van der Waals surface area contributed by atoms with E-state index in [1.807, 2.05) is 18.7 Å². The monoisotopic (exact) mass is 241 g/mol. The molecule has 0 fully saturated rings. The molecule has 5 heteroatoms. The summed E-state index contributed by atoms with van der Waals surface area (Å²) >= 11 is 0. The van der Waals surface area contributed by atoms with Gasteiger partial charge in [0.1, 0.15) is 0 Å². The van der Waals surface area contributed by atoms with Crippen LogP contribution < -0.4 is 5.32 Å². The standard InChI is InChI=1S/C12H23N3O2/c1-6-15-10(7-9(2)14-15)8-11(13-3)12(16-4)17-5/h7,11-13H,6,8H2,1-5H3. The fourth-order valence-corrected chi connectivity index (χ4v) is 2.02. The molecular weight excluding hydrogens is 218 g/mol. The first-order valence-electron chi connectivity index (χ1n) is 5.92. The average Bonchev–Trinajstić information content (AvgIpc) is 2.69. The summed E-state index contributed by atoms with van der Waals surface area (Å²) in [4.78, 5) is 0. The van der Waals surface area contributed by atoms with Crippen molar-refractivity contribution >= 4 is 0 Å². The molecule has 0 saturated carbocycles. The predicted octanol–water partition coefficient (Wildman–Crippen LogP) is 0.961. The number of rotatable bonds is 7. The normalized spacial score (nSPS) is 13.3. The van der Waals surface area contributed by atoms with E-state index in [1.165, 1.54) is 5.69 Å². The van der Waals surface area contributed by atoms with Crippen LogP contribution in [0.25, 0.3) is 0 Å². The van der Waals surface area contributed by atoms with Crippen molar-refractivity contribution in [2.75, 3.05) is 21.3 Å². The summed E-state index contributed by atoms with van der Waals surface area (Å²) in [5, 5.41) is 7.66. The number of likely N-dealkylation sites (N-methyl/N-ethyl adjacent to an activating group) is 1.